The summed E-state index contributed by atoms with van der Waals surface area (Å²) in [5.41, 5.74) is 0.596. The predicted octanol–water partition coefficient (Wildman–Crippen LogP) is 3.22. The van der Waals surface area contributed by atoms with Crippen LogP contribution in [0.1, 0.15) is 32.1 Å². The van der Waals surface area contributed by atoms with E-state index in [0.29, 0.717) is 29.3 Å². The van der Waals surface area contributed by atoms with E-state index >= 15 is 0 Å². The molecule has 2 fully saturated rings. The van der Waals surface area contributed by atoms with E-state index in [2.05, 4.69) is 5.32 Å². The van der Waals surface area contributed by atoms with Crippen molar-refractivity contribution in [3.05, 3.63) is 29.3 Å². The first-order valence-electron chi connectivity index (χ1n) is 8.28. The van der Waals surface area contributed by atoms with E-state index in [1.165, 1.54) is 0 Å². The molecule has 2 aliphatic rings. The van der Waals surface area contributed by atoms with Gasteiger partial charge in [-0.2, -0.15) is 0 Å². The monoisotopic (exact) mass is 349 g/mol. The van der Waals surface area contributed by atoms with Crippen LogP contribution < -0.4 is 5.32 Å². The van der Waals surface area contributed by atoms with Gasteiger partial charge >= 0.3 is 5.97 Å². The number of anilines is 1. The van der Waals surface area contributed by atoms with Crippen molar-refractivity contribution in [3.8, 4) is 0 Å². The molecule has 1 amide bonds. The summed E-state index contributed by atoms with van der Waals surface area (Å²) in [7, 11) is 0. The zero-order valence-corrected chi connectivity index (χ0v) is 14.1. The van der Waals surface area contributed by atoms with Gasteiger partial charge in [-0.25, -0.2) is 0 Å². The first kappa shape index (κ1) is 17.0. The summed E-state index contributed by atoms with van der Waals surface area (Å²) in [6.07, 6.45) is 3.93. The molecule has 0 heterocycles. The fraction of sp³-hybridized carbons (Fsp3) is 0.500. The number of Topliss-reactive ketones (excluding diaryl/α,β-unsaturated/α-hetero) is 1. The summed E-state index contributed by atoms with van der Waals surface area (Å²) in [5.74, 6) is -0.716. The Labute approximate surface area is 145 Å². The standard InChI is InChI=1S/C18H20ClNO4/c19-14-4-6-15(7-5-14)20-16(21)10-24-18(23)13-8-11-2-1-3-12(9-13)17(11)22/h4-7,11-13H,1-3,8-10H2,(H,20,21)/t11-,12+,13?. The highest BCUT2D eigenvalue weighted by molar-refractivity contribution is 6.30. The molecule has 0 spiro atoms. The van der Waals surface area contributed by atoms with Crippen molar-refractivity contribution in [2.24, 2.45) is 17.8 Å². The quantitative estimate of drug-likeness (QED) is 0.847. The highest BCUT2D eigenvalue weighted by Gasteiger charge is 2.41. The highest BCUT2D eigenvalue weighted by atomic mass is 35.5. The highest BCUT2D eigenvalue weighted by Crippen LogP contribution is 2.40. The Bertz CT molecular complexity index is 627. The second-order valence-corrected chi connectivity index (χ2v) is 6.99. The number of rotatable bonds is 4. The number of benzene rings is 1. The lowest BCUT2D eigenvalue weighted by atomic mass is 9.67. The molecule has 1 N–H and O–H groups in total. The normalized spacial score (nSPS) is 25.9. The maximum absolute atomic E-state index is 12.2. The number of nitrogens with one attached hydrogen (secondary N) is 1. The third-order valence-electron chi connectivity index (χ3n) is 4.85. The topological polar surface area (TPSA) is 72.5 Å². The van der Waals surface area contributed by atoms with Crippen LogP contribution in [0.5, 0.6) is 0 Å². The third-order valence-corrected chi connectivity index (χ3v) is 5.11. The minimum atomic E-state index is -0.391. The molecule has 0 radical (unpaired) electrons. The molecule has 3 rings (SSSR count). The van der Waals surface area contributed by atoms with Crippen LogP contribution in [0.2, 0.25) is 5.02 Å². The molecule has 1 aromatic rings. The van der Waals surface area contributed by atoms with Crippen molar-refractivity contribution in [3.63, 3.8) is 0 Å². The number of hydrogen-bond donors (Lipinski definition) is 1. The maximum Gasteiger partial charge on any atom is 0.309 e. The Hall–Kier alpha value is -1.88. The van der Waals surface area contributed by atoms with Crippen LogP contribution >= 0.6 is 11.6 Å². The van der Waals surface area contributed by atoms with Crippen LogP contribution in [-0.4, -0.2) is 24.3 Å². The van der Waals surface area contributed by atoms with Gasteiger partial charge in [0.05, 0.1) is 5.92 Å². The second-order valence-electron chi connectivity index (χ2n) is 6.56. The van der Waals surface area contributed by atoms with Gasteiger partial charge in [-0.3, -0.25) is 14.4 Å². The van der Waals surface area contributed by atoms with Gasteiger partial charge in [-0.1, -0.05) is 18.0 Å². The van der Waals surface area contributed by atoms with Gasteiger partial charge in [0, 0.05) is 22.5 Å². The Kier molecular flexibility index (Phi) is 5.19. The average Bonchev–Trinajstić information content (AvgIpc) is 2.54. The van der Waals surface area contributed by atoms with Gasteiger partial charge in [0.2, 0.25) is 0 Å². The zero-order chi connectivity index (χ0) is 17.1. The van der Waals surface area contributed by atoms with Gasteiger partial charge < -0.3 is 10.1 Å². The first-order chi connectivity index (χ1) is 11.5. The summed E-state index contributed by atoms with van der Waals surface area (Å²) < 4.78 is 5.15. The molecular weight excluding hydrogens is 330 g/mol. The SMILES string of the molecule is O=C(COC(=O)C1C[C@H]2CCC[C@@H](C1)C2=O)Nc1ccc(Cl)cc1. The van der Waals surface area contributed by atoms with Gasteiger partial charge in [0.1, 0.15) is 5.78 Å². The lowest BCUT2D eigenvalue weighted by molar-refractivity contribution is -0.155. The zero-order valence-electron chi connectivity index (χ0n) is 13.3. The van der Waals surface area contributed by atoms with E-state index in [9.17, 15) is 14.4 Å². The number of carbonyl (C=O) groups excluding carboxylic acids is 3. The molecule has 2 saturated carbocycles. The number of hydrogen-bond acceptors (Lipinski definition) is 4. The van der Waals surface area contributed by atoms with Gasteiger partial charge in [0.15, 0.2) is 6.61 Å². The summed E-state index contributed by atoms with van der Waals surface area (Å²) in [6.45, 7) is -0.318. The van der Waals surface area contributed by atoms with Crippen LogP contribution in [0.25, 0.3) is 0 Å². The number of fused-ring (bicyclic) bond motifs is 2. The summed E-state index contributed by atoms with van der Waals surface area (Å²) in [6, 6.07) is 6.69. The molecule has 0 saturated heterocycles. The van der Waals surface area contributed by atoms with Gasteiger partial charge in [-0.05, 0) is 49.9 Å². The third kappa shape index (κ3) is 3.96. The van der Waals surface area contributed by atoms with Crippen LogP contribution in [0.15, 0.2) is 24.3 Å². The van der Waals surface area contributed by atoms with E-state index in [1.807, 2.05) is 0 Å². The summed E-state index contributed by atoms with van der Waals surface area (Å²) >= 11 is 5.78. The van der Waals surface area contributed by atoms with Gasteiger partial charge in [-0.15, -0.1) is 0 Å². The van der Waals surface area contributed by atoms with Crippen LogP contribution in [-0.2, 0) is 19.1 Å². The van der Waals surface area contributed by atoms with Crippen LogP contribution in [0.3, 0.4) is 0 Å². The van der Waals surface area contributed by atoms with Crippen molar-refractivity contribution >= 4 is 34.9 Å². The molecule has 128 valence electrons. The van der Waals surface area contributed by atoms with Crippen molar-refractivity contribution in [2.75, 3.05) is 11.9 Å². The molecule has 3 atom stereocenters. The minimum Gasteiger partial charge on any atom is -0.455 e. The Morgan fingerprint density at radius 1 is 1.12 bits per heavy atom. The molecule has 1 aromatic carbocycles. The van der Waals surface area contributed by atoms with E-state index in [1.54, 1.807) is 24.3 Å². The fourth-order valence-corrected chi connectivity index (χ4v) is 3.78. The molecule has 2 aliphatic carbocycles. The first-order valence-corrected chi connectivity index (χ1v) is 8.66. The molecule has 0 aromatic heterocycles. The van der Waals surface area contributed by atoms with Crippen molar-refractivity contribution in [2.45, 2.75) is 32.1 Å². The van der Waals surface area contributed by atoms with E-state index in [0.717, 1.165) is 19.3 Å². The van der Waals surface area contributed by atoms with Crippen molar-refractivity contribution in [1.82, 2.24) is 0 Å². The van der Waals surface area contributed by atoms with Crippen molar-refractivity contribution in [1.29, 1.82) is 0 Å². The lowest BCUT2D eigenvalue weighted by Crippen LogP contribution is -2.40. The number of ether oxygens (including phenoxy) is 1. The molecule has 24 heavy (non-hydrogen) atoms. The Morgan fingerprint density at radius 2 is 1.75 bits per heavy atom. The van der Waals surface area contributed by atoms with Gasteiger partial charge in [0.25, 0.3) is 5.91 Å². The fourth-order valence-electron chi connectivity index (χ4n) is 3.66. The minimum absolute atomic E-state index is 0.00190. The number of amides is 1. The lowest BCUT2D eigenvalue weighted by Gasteiger charge is -2.36. The smallest absolute Gasteiger partial charge is 0.309 e. The predicted molar refractivity (Wildman–Crippen MR) is 89.6 cm³/mol. The summed E-state index contributed by atoms with van der Waals surface area (Å²) in [5, 5.41) is 3.23. The average molecular weight is 350 g/mol. The number of carbonyl (C=O) groups is 3. The molecular formula is C18H20ClNO4. The molecule has 1 unspecified atom stereocenters. The van der Waals surface area contributed by atoms with E-state index in [4.69, 9.17) is 16.3 Å². The molecule has 0 aliphatic heterocycles. The number of ketones is 1. The largest absolute Gasteiger partial charge is 0.455 e. The van der Waals surface area contributed by atoms with E-state index < -0.39 is 5.91 Å². The molecule has 5 nitrogen and oxygen atoms in total. The maximum atomic E-state index is 12.2. The number of halogens is 1. The van der Waals surface area contributed by atoms with E-state index in [-0.39, 0.29) is 30.3 Å². The Morgan fingerprint density at radius 3 is 2.38 bits per heavy atom. The number of esters is 1. The molecule has 6 heteroatoms. The second kappa shape index (κ2) is 7.34. The van der Waals surface area contributed by atoms with Crippen LogP contribution in [0.4, 0.5) is 5.69 Å². The Balaban J connectivity index is 1.47. The van der Waals surface area contributed by atoms with Crippen LogP contribution in [0, 0.1) is 17.8 Å². The summed E-state index contributed by atoms with van der Waals surface area (Å²) in [4.78, 5) is 36.1. The van der Waals surface area contributed by atoms with Crippen molar-refractivity contribution < 1.29 is 19.1 Å². The molecule has 2 bridgehead atoms.